The second-order valence-corrected chi connectivity index (χ2v) is 3.78. The highest BCUT2D eigenvalue weighted by atomic mass is 16.1. The van der Waals surface area contributed by atoms with Crippen LogP contribution in [0.1, 0.15) is 24.2 Å². The minimum absolute atomic E-state index is 0.107. The van der Waals surface area contributed by atoms with Crippen molar-refractivity contribution in [2.75, 3.05) is 6.54 Å². The quantitative estimate of drug-likeness (QED) is 0.716. The molecule has 2 heteroatoms. The molecule has 2 nitrogen and oxygen atoms in total. The number of hydrogen-bond donors (Lipinski definition) is 1. The fourth-order valence-electron chi connectivity index (χ4n) is 1.07. The normalized spacial score (nSPS) is 11.3. The second kappa shape index (κ2) is 3.71. The minimum atomic E-state index is -0.457. The maximum atomic E-state index is 11.8. The number of benzene rings is 1. The van der Waals surface area contributed by atoms with Crippen LogP contribution in [0, 0.1) is 5.41 Å². The lowest BCUT2D eigenvalue weighted by molar-refractivity contribution is 0.0847. The second-order valence-electron chi connectivity index (χ2n) is 3.78. The Morgan fingerprint density at radius 2 is 1.85 bits per heavy atom. The summed E-state index contributed by atoms with van der Waals surface area (Å²) in [5.74, 6) is 0.107. The first-order valence-corrected chi connectivity index (χ1v) is 4.38. The number of Topliss-reactive ketones (excluding diaryl/α,β-unsaturated/α-hetero) is 1. The number of ketones is 1. The van der Waals surface area contributed by atoms with Gasteiger partial charge in [-0.1, -0.05) is 44.2 Å². The fraction of sp³-hybridized carbons (Fsp3) is 0.364. The molecule has 13 heavy (non-hydrogen) atoms. The van der Waals surface area contributed by atoms with Gasteiger partial charge >= 0.3 is 0 Å². The molecule has 0 radical (unpaired) electrons. The monoisotopic (exact) mass is 177 g/mol. The molecule has 0 unspecified atom stereocenters. The highest BCUT2D eigenvalue weighted by Gasteiger charge is 2.26. The van der Waals surface area contributed by atoms with Crippen molar-refractivity contribution in [1.29, 1.82) is 0 Å². The van der Waals surface area contributed by atoms with Crippen LogP contribution >= 0.6 is 0 Å². The zero-order chi connectivity index (χ0) is 9.90. The van der Waals surface area contributed by atoms with E-state index in [1.54, 1.807) is 0 Å². The van der Waals surface area contributed by atoms with Gasteiger partial charge in [0.05, 0.1) is 0 Å². The van der Waals surface area contributed by atoms with Crippen LogP contribution in [0.15, 0.2) is 30.3 Å². The predicted molar refractivity (Wildman–Crippen MR) is 53.6 cm³/mol. The Balaban J connectivity index is 2.93. The molecule has 2 N–H and O–H groups in total. The zero-order valence-electron chi connectivity index (χ0n) is 8.08. The average Bonchev–Trinajstić information content (AvgIpc) is 2.18. The van der Waals surface area contributed by atoms with Crippen LogP contribution in [0.2, 0.25) is 0 Å². The number of rotatable bonds is 3. The van der Waals surface area contributed by atoms with Crippen LogP contribution in [0.3, 0.4) is 0 Å². The predicted octanol–water partition coefficient (Wildman–Crippen LogP) is 1.85. The van der Waals surface area contributed by atoms with Gasteiger partial charge in [0.1, 0.15) is 0 Å². The lowest BCUT2D eigenvalue weighted by Gasteiger charge is -2.20. The van der Waals surface area contributed by atoms with Gasteiger partial charge in [-0.05, 0) is 0 Å². The van der Waals surface area contributed by atoms with Gasteiger partial charge in [-0.25, -0.2) is 0 Å². The van der Waals surface area contributed by atoms with Crippen LogP contribution in [0.25, 0.3) is 0 Å². The molecule has 70 valence electrons. The SMILES string of the molecule is CC(C)(CN)C(=O)c1ccccc1. The molecule has 0 aliphatic rings. The maximum absolute atomic E-state index is 11.8. The molecule has 0 heterocycles. The fourth-order valence-corrected chi connectivity index (χ4v) is 1.07. The summed E-state index contributed by atoms with van der Waals surface area (Å²) in [5, 5.41) is 0. The van der Waals surface area contributed by atoms with Crippen molar-refractivity contribution in [2.24, 2.45) is 11.1 Å². The van der Waals surface area contributed by atoms with Crippen LogP contribution in [-0.2, 0) is 0 Å². The third-order valence-electron chi connectivity index (χ3n) is 2.16. The number of carbonyl (C=O) groups excluding carboxylic acids is 1. The Hall–Kier alpha value is -1.15. The molecular weight excluding hydrogens is 162 g/mol. The molecule has 0 fully saturated rings. The van der Waals surface area contributed by atoms with E-state index in [0.29, 0.717) is 6.54 Å². The topological polar surface area (TPSA) is 43.1 Å². The lowest BCUT2D eigenvalue weighted by Crippen LogP contribution is -2.32. The highest BCUT2D eigenvalue weighted by Crippen LogP contribution is 2.19. The van der Waals surface area contributed by atoms with E-state index in [0.717, 1.165) is 5.56 Å². The van der Waals surface area contributed by atoms with Gasteiger partial charge in [0.2, 0.25) is 0 Å². The highest BCUT2D eigenvalue weighted by molar-refractivity contribution is 6.00. The molecule has 0 saturated heterocycles. The largest absolute Gasteiger partial charge is 0.329 e. The molecule has 0 spiro atoms. The van der Waals surface area contributed by atoms with E-state index in [1.807, 2.05) is 44.2 Å². The first-order valence-electron chi connectivity index (χ1n) is 4.38. The Morgan fingerprint density at radius 1 is 1.31 bits per heavy atom. The van der Waals surface area contributed by atoms with Crippen molar-refractivity contribution in [3.05, 3.63) is 35.9 Å². The van der Waals surface area contributed by atoms with Crippen LogP contribution in [0.5, 0.6) is 0 Å². The zero-order valence-corrected chi connectivity index (χ0v) is 8.08. The summed E-state index contributed by atoms with van der Waals surface area (Å²) < 4.78 is 0. The van der Waals surface area contributed by atoms with E-state index in [1.165, 1.54) is 0 Å². The molecule has 1 aromatic rings. The molecular formula is C11H15NO. The molecule has 0 aromatic heterocycles. The summed E-state index contributed by atoms with van der Waals surface area (Å²) in [6, 6.07) is 9.26. The summed E-state index contributed by atoms with van der Waals surface area (Å²) in [7, 11) is 0. The molecule has 0 saturated carbocycles. The number of nitrogens with two attached hydrogens (primary N) is 1. The standard InChI is InChI=1S/C11H15NO/c1-11(2,8-12)10(13)9-6-4-3-5-7-9/h3-7H,8,12H2,1-2H3. The molecule has 1 aromatic carbocycles. The summed E-state index contributed by atoms with van der Waals surface area (Å²) in [6.07, 6.45) is 0. The lowest BCUT2D eigenvalue weighted by atomic mass is 9.84. The van der Waals surface area contributed by atoms with Crippen molar-refractivity contribution < 1.29 is 4.79 Å². The van der Waals surface area contributed by atoms with Gasteiger partial charge in [-0.3, -0.25) is 4.79 Å². The number of carbonyl (C=O) groups is 1. The van der Waals surface area contributed by atoms with Crippen molar-refractivity contribution in [1.82, 2.24) is 0 Å². The van der Waals surface area contributed by atoms with Gasteiger partial charge in [0.15, 0.2) is 5.78 Å². The first-order chi connectivity index (χ1) is 6.08. The molecule has 0 aliphatic heterocycles. The summed E-state index contributed by atoms with van der Waals surface area (Å²) in [6.45, 7) is 4.10. The molecule has 0 atom stereocenters. The third-order valence-corrected chi connectivity index (χ3v) is 2.16. The van der Waals surface area contributed by atoms with E-state index in [9.17, 15) is 4.79 Å². The van der Waals surface area contributed by atoms with Gasteiger partial charge in [0.25, 0.3) is 0 Å². The molecule has 1 rings (SSSR count). The Labute approximate surface area is 78.8 Å². The van der Waals surface area contributed by atoms with Crippen molar-refractivity contribution in [2.45, 2.75) is 13.8 Å². The van der Waals surface area contributed by atoms with Crippen LogP contribution < -0.4 is 5.73 Å². The molecule has 0 bridgehead atoms. The number of hydrogen-bond acceptors (Lipinski definition) is 2. The van der Waals surface area contributed by atoms with Crippen LogP contribution in [0.4, 0.5) is 0 Å². The van der Waals surface area contributed by atoms with Crippen molar-refractivity contribution >= 4 is 5.78 Å². The van der Waals surface area contributed by atoms with Gasteiger partial charge in [-0.15, -0.1) is 0 Å². The van der Waals surface area contributed by atoms with Gasteiger partial charge < -0.3 is 5.73 Å². The Kier molecular flexibility index (Phi) is 2.83. The summed E-state index contributed by atoms with van der Waals surface area (Å²) in [4.78, 5) is 11.8. The minimum Gasteiger partial charge on any atom is -0.329 e. The van der Waals surface area contributed by atoms with Crippen molar-refractivity contribution in [3.63, 3.8) is 0 Å². The van der Waals surface area contributed by atoms with E-state index in [-0.39, 0.29) is 5.78 Å². The third kappa shape index (κ3) is 2.16. The van der Waals surface area contributed by atoms with Gasteiger partial charge in [0, 0.05) is 17.5 Å². The van der Waals surface area contributed by atoms with Crippen LogP contribution in [-0.4, -0.2) is 12.3 Å². The Morgan fingerprint density at radius 3 is 2.31 bits per heavy atom. The first kappa shape index (κ1) is 9.93. The average molecular weight is 177 g/mol. The Bertz CT molecular complexity index is 290. The van der Waals surface area contributed by atoms with Gasteiger partial charge in [-0.2, -0.15) is 0 Å². The van der Waals surface area contributed by atoms with E-state index in [2.05, 4.69) is 0 Å². The molecule has 0 aliphatic carbocycles. The summed E-state index contributed by atoms with van der Waals surface area (Å²) in [5.41, 5.74) is 5.80. The summed E-state index contributed by atoms with van der Waals surface area (Å²) >= 11 is 0. The van der Waals surface area contributed by atoms with E-state index >= 15 is 0 Å². The van der Waals surface area contributed by atoms with E-state index < -0.39 is 5.41 Å². The van der Waals surface area contributed by atoms with E-state index in [4.69, 9.17) is 5.73 Å². The molecule has 0 amide bonds. The maximum Gasteiger partial charge on any atom is 0.169 e. The smallest absolute Gasteiger partial charge is 0.169 e. The van der Waals surface area contributed by atoms with Crippen molar-refractivity contribution in [3.8, 4) is 0 Å².